The molecule has 2 aromatic carbocycles. The van der Waals surface area contributed by atoms with E-state index in [9.17, 15) is 19.7 Å². The Kier molecular flexibility index (Phi) is 5.45. The Hall–Kier alpha value is -3.42. The van der Waals surface area contributed by atoms with Crippen LogP contribution in [0, 0.1) is 10.1 Å². The maximum Gasteiger partial charge on any atom is 0.342 e. The van der Waals surface area contributed by atoms with Crippen molar-refractivity contribution >= 4 is 23.3 Å². The van der Waals surface area contributed by atoms with E-state index in [1.54, 1.807) is 18.2 Å². The van der Waals surface area contributed by atoms with Gasteiger partial charge in [-0.25, -0.2) is 4.79 Å². The standard InChI is InChI=1S/C16H14N2O6/c1-23-14-5-3-2-4-13(14)16(20)24-10-15(19)17-11-6-8-12(9-7-11)18(21)22/h2-9H,10H2,1H3,(H,17,19). The summed E-state index contributed by atoms with van der Waals surface area (Å²) >= 11 is 0. The number of benzene rings is 2. The molecule has 1 N–H and O–H groups in total. The van der Waals surface area contributed by atoms with E-state index in [4.69, 9.17) is 9.47 Å². The van der Waals surface area contributed by atoms with E-state index < -0.39 is 23.4 Å². The number of nitrogens with zero attached hydrogens (tertiary/aromatic N) is 1. The van der Waals surface area contributed by atoms with E-state index in [-0.39, 0.29) is 11.3 Å². The fraction of sp³-hybridized carbons (Fsp3) is 0.125. The summed E-state index contributed by atoms with van der Waals surface area (Å²) < 4.78 is 9.97. The fourth-order valence-corrected chi connectivity index (χ4v) is 1.89. The molecule has 0 spiro atoms. The molecule has 0 radical (unpaired) electrons. The zero-order chi connectivity index (χ0) is 17.5. The third kappa shape index (κ3) is 4.29. The lowest BCUT2D eigenvalue weighted by Gasteiger charge is -2.09. The number of nitro groups is 1. The van der Waals surface area contributed by atoms with Crippen LogP contribution in [0.5, 0.6) is 5.75 Å². The summed E-state index contributed by atoms with van der Waals surface area (Å²) in [7, 11) is 1.42. The zero-order valence-corrected chi connectivity index (χ0v) is 12.7. The highest BCUT2D eigenvalue weighted by molar-refractivity contribution is 5.96. The molecule has 0 fully saturated rings. The molecule has 0 saturated carbocycles. The number of amides is 1. The Morgan fingerprint density at radius 2 is 1.79 bits per heavy atom. The van der Waals surface area contributed by atoms with Crippen molar-refractivity contribution in [2.45, 2.75) is 0 Å². The Balaban J connectivity index is 1.91. The molecule has 1 amide bonds. The lowest BCUT2D eigenvalue weighted by Crippen LogP contribution is -2.21. The van der Waals surface area contributed by atoms with Crippen molar-refractivity contribution in [2.24, 2.45) is 0 Å². The first-order valence-electron chi connectivity index (χ1n) is 6.85. The van der Waals surface area contributed by atoms with E-state index in [1.807, 2.05) is 0 Å². The molecule has 8 nitrogen and oxygen atoms in total. The summed E-state index contributed by atoms with van der Waals surface area (Å²) in [6, 6.07) is 11.8. The van der Waals surface area contributed by atoms with E-state index in [2.05, 4.69) is 5.32 Å². The van der Waals surface area contributed by atoms with Gasteiger partial charge < -0.3 is 14.8 Å². The van der Waals surface area contributed by atoms with Gasteiger partial charge >= 0.3 is 5.97 Å². The number of anilines is 1. The quantitative estimate of drug-likeness (QED) is 0.495. The molecule has 24 heavy (non-hydrogen) atoms. The number of carbonyl (C=O) groups is 2. The van der Waals surface area contributed by atoms with Crippen molar-refractivity contribution in [3.8, 4) is 5.75 Å². The Morgan fingerprint density at radius 1 is 1.12 bits per heavy atom. The molecule has 8 heteroatoms. The second kappa shape index (κ2) is 7.73. The summed E-state index contributed by atoms with van der Waals surface area (Å²) in [5.41, 5.74) is 0.484. The smallest absolute Gasteiger partial charge is 0.342 e. The maximum atomic E-state index is 11.9. The molecule has 0 aliphatic carbocycles. The number of methoxy groups -OCH3 is 1. The molecule has 0 aliphatic rings. The van der Waals surface area contributed by atoms with Crippen molar-refractivity contribution < 1.29 is 24.0 Å². The third-order valence-corrected chi connectivity index (χ3v) is 3.02. The van der Waals surface area contributed by atoms with E-state index in [0.29, 0.717) is 11.4 Å². The molecule has 0 aliphatic heterocycles. The van der Waals surface area contributed by atoms with Gasteiger partial charge in [0.25, 0.3) is 11.6 Å². The highest BCUT2D eigenvalue weighted by Gasteiger charge is 2.15. The van der Waals surface area contributed by atoms with Crippen molar-refractivity contribution in [1.82, 2.24) is 0 Å². The molecule has 124 valence electrons. The van der Waals surface area contributed by atoms with Gasteiger partial charge in [0.15, 0.2) is 6.61 Å². The van der Waals surface area contributed by atoms with Gasteiger partial charge in [-0.15, -0.1) is 0 Å². The average Bonchev–Trinajstić information content (AvgIpc) is 2.60. The van der Waals surface area contributed by atoms with Crippen LogP contribution in [0.1, 0.15) is 10.4 Å². The van der Waals surface area contributed by atoms with Gasteiger partial charge in [0, 0.05) is 17.8 Å². The van der Waals surface area contributed by atoms with Crippen LogP contribution in [0.15, 0.2) is 48.5 Å². The molecule has 0 aromatic heterocycles. The summed E-state index contributed by atoms with van der Waals surface area (Å²) in [4.78, 5) is 33.7. The summed E-state index contributed by atoms with van der Waals surface area (Å²) in [5, 5.41) is 13.0. The minimum absolute atomic E-state index is 0.0874. The van der Waals surface area contributed by atoms with Crippen LogP contribution in [0.25, 0.3) is 0 Å². The molecular weight excluding hydrogens is 316 g/mol. The molecule has 0 atom stereocenters. The number of nitro benzene ring substituents is 1. The summed E-state index contributed by atoms with van der Waals surface area (Å²) in [6.07, 6.45) is 0. The van der Waals surface area contributed by atoms with Gasteiger partial charge in [-0.2, -0.15) is 0 Å². The summed E-state index contributed by atoms with van der Waals surface area (Å²) in [5.74, 6) is -0.906. The van der Waals surface area contributed by atoms with Gasteiger partial charge in [0.1, 0.15) is 11.3 Å². The number of non-ortho nitro benzene ring substituents is 1. The van der Waals surface area contributed by atoms with Crippen LogP contribution >= 0.6 is 0 Å². The first-order valence-corrected chi connectivity index (χ1v) is 6.85. The van der Waals surface area contributed by atoms with Crippen molar-refractivity contribution in [3.63, 3.8) is 0 Å². The molecule has 0 saturated heterocycles. The van der Waals surface area contributed by atoms with Crippen molar-refractivity contribution in [2.75, 3.05) is 19.0 Å². The highest BCUT2D eigenvalue weighted by Crippen LogP contribution is 2.18. The second-order valence-electron chi connectivity index (χ2n) is 4.63. The topological polar surface area (TPSA) is 108 Å². The number of hydrogen-bond donors (Lipinski definition) is 1. The largest absolute Gasteiger partial charge is 0.496 e. The van der Waals surface area contributed by atoms with Crippen LogP contribution in [0.4, 0.5) is 11.4 Å². The third-order valence-electron chi connectivity index (χ3n) is 3.02. The van der Waals surface area contributed by atoms with Crippen LogP contribution in [0.3, 0.4) is 0 Å². The Morgan fingerprint density at radius 3 is 2.42 bits per heavy atom. The van der Waals surface area contributed by atoms with Gasteiger partial charge in [0.2, 0.25) is 0 Å². The Labute approximate surface area is 137 Å². The van der Waals surface area contributed by atoms with E-state index in [0.717, 1.165) is 0 Å². The molecular formula is C16H14N2O6. The van der Waals surface area contributed by atoms with Crippen molar-refractivity contribution in [3.05, 3.63) is 64.2 Å². The number of ether oxygens (including phenoxy) is 2. The molecule has 2 aromatic rings. The minimum Gasteiger partial charge on any atom is -0.496 e. The number of carbonyl (C=O) groups excluding carboxylic acids is 2. The van der Waals surface area contributed by atoms with Crippen LogP contribution in [-0.4, -0.2) is 30.5 Å². The highest BCUT2D eigenvalue weighted by atomic mass is 16.6. The van der Waals surface area contributed by atoms with Gasteiger partial charge in [-0.05, 0) is 24.3 Å². The zero-order valence-electron chi connectivity index (χ0n) is 12.7. The van der Waals surface area contributed by atoms with Gasteiger partial charge in [-0.3, -0.25) is 14.9 Å². The number of para-hydroxylation sites is 1. The molecule has 2 rings (SSSR count). The average molecular weight is 330 g/mol. The SMILES string of the molecule is COc1ccccc1C(=O)OCC(=O)Nc1ccc([N+](=O)[O-])cc1. The van der Waals surface area contributed by atoms with E-state index in [1.165, 1.54) is 37.4 Å². The molecule has 0 unspecified atom stereocenters. The number of esters is 1. The van der Waals surface area contributed by atoms with Crippen LogP contribution in [-0.2, 0) is 9.53 Å². The lowest BCUT2D eigenvalue weighted by molar-refractivity contribution is -0.384. The predicted molar refractivity (Wildman–Crippen MR) is 85.0 cm³/mol. The predicted octanol–water partition coefficient (Wildman–Crippen LogP) is 2.40. The maximum absolute atomic E-state index is 11.9. The van der Waals surface area contributed by atoms with E-state index >= 15 is 0 Å². The first kappa shape index (κ1) is 16.9. The number of rotatable bonds is 6. The Bertz CT molecular complexity index is 757. The molecule has 0 bridgehead atoms. The van der Waals surface area contributed by atoms with Gasteiger partial charge in [0.05, 0.1) is 12.0 Å². The monoisotopic (exact) mass is 330 g/mol. The van der Waals surface area contributed by atoms with Crippen LogP contribution < -0.4 is 10.1 Å². The normalized spacial score (nSPS) is 9.88. The number of nitrogens with one attached hydrogen (secondary N) is 1. The summed E-state index contributed by atoms with van der Waals surface area (Å²) in [6.45, 7) is -0.492. The molecule has 0 heterocycles. The number of hydrogen-bond acceptors (Lipinski definition) is 6. The second-order valence-corrected chi connectivity index (χ2v) is 4.63. The van der Waals surface area contributed by atoms with Gasteiger partial charge in [-0.1, -0.05) is 12.1 Å². The fourth-order valence-electron chi connectivity index (χ4n) is 1.89. The lowest BCUT2D eigenvalue weighted by atomic mass is 10.2. The minimum atomic E-state index is -0.689. The first-order chi connectivity index (χ1) is 11.5. The van der Waals surface area contributed by atoms with Crippen molar-refractivity contribution in [1.29, 1.82) is 0 Å². The van der Waals surface area contributed by atoms with Crippen LogP contribution in [0.2, 0.25) is 0 Å².